The first-order chi connectivity index (χ1) is 13.7. The van der Waals surface area contributed by atoms with E-state index in [0.717, 1.165) is 37.0 Å². The second-order valence-corrected chi connectivity index (χ2v) is 11.6. The van der Waals surface area contributed by atoms with Gasteiger partial charge in [-0.25, -0.2) is 0 Å². The van der Waals surface area contributed by atoms with Crippen LogP contribution in [-0.2, 0) is 4.79 Å². The summed E-state index contributed by atoms with van der Waals surface area (Å²) in [6.07, 6.45) is 17.9. The van der Waals surface area contributed by atoms with Crippen molar-refractivity contribution in [2.75, 3.05) is 0 Å². The highest BCUT2D eigenvalue weighted by molar-refractivity contribution is 5.91. The van der Waals surface area contributed by atoms with Crippen LogP contribution in [-0.4, -0.2) is 5.78 Å². The van der Waals surface area contributed by atoms with Crippen LogP contribution in [0, 0.1) is 46.3 Å². The Balaban J connectivity index is 1.57. The van der Waals surface area contributed by atoms with Gasteiger partial charge in [-0.2, -0.15) is 0 Å². The summed E-state index contributed by atoms with van der Waals surface area (Å²) < 4.78 is 0. The second-order valence-electron chi connectivity index (χ2n) is 11.6. The van der Waals surface area contributed by atoms with Crippen molar-refractivity contribution in [2.24, 2.45) is 46.3 Å². The highest BCUT2D eigenvalue weighted by Crippen LogP contribution is 2.66. The van der Waals surface area contributed by atoms with Gasteiger partial charge in [-0.3, -0.25) is 4.79 Å². The molecule has 7 atom stereocenters. The van der Waals surface area contributed by atoms with E-state index in [-0.39, 0.29) is 5.41 Å². The molecule has 4 rings (SSSR count). The lowest BCUT2D eigenvalue weighted by atomic mass is 9.50. The molecular weight excluding hydrogens is 352 g/mol. The fourth-order valence-electron chi connectivity index (χ4n) is 7.47. The third-order valence-electron chi connectivity index (χ3n) is 9.88. The van der Waals surface area contributed by atoms with Crippen LogP contribution in [0.3, 0.4) is 0 Å². The van der Waals surface area contributed by atoms with E-state index in [0.29, 0.717) is 29.0 Å². The van der Waals surface area contributed by atoms with Gasteiger partial charge in [0.1, 0.15) is 0 Å². The Morgan fingerprint density at radius 3 is 2.48 bits per heavy atom. The van der Waals surface area contributed by atoms with Crippen LogP contribution in [0.25, 0.3) is 0 Å². The molecular formula is C28H42O. The first-order valence-corrected chi connectivity index (χ1v) is 12.3. The van der Waals surface area contributed by atoms with E-state index in [2.05, 4.69) is 59.8 Å². The Kier molecular flexibility index (Phi) is 5.50. The Morgan fingerprint density at radius 2 is 1.76 bits per heavy atom. The van der Waals surface area contributed by atoms with Crippen molar-refractivity contribution in [1.82, 2.24) is 0 Å². The molecule has 0 aromatic carbocycles. The van der Waals surface area contributed by atoms with Crippen molar-refractivity contribution in [3.8, 4) is 0 Å². The summed E-state index contributed by atoms with van der Waals surface area (Å²) in [6.45, 7) is 14.6. The maximum Gasteiger partial charge on any atom is 0.155 e. The molecule has 4 aliphatic carbocycles. The summed E-state index contributed by atoms with van der Waals surface area (Å²) in [4.78, 5) is 12.0. The smallest absolute Gasteiger partial charge is 0.155 e. The topological polar surface area (TPSA) is 17.1 Å². The highest BCUT2D eigenvalue weighted by Gasteiger charge is 2.56. The van der Waals surface area contributed by atoms with Gasteiger partial charge < -0.3 is 0 Å². The molecule has 0 aromatic rings. The highest BCUT2D eigenvalue weighted by atomic mass is 16.1. The zero-order valence-corrected chi connectivity index (χ0v) is 19.6. The van der Waals surface area contributed by atoms with Crippen molar-refractivity contribution < 1.29 is 4.79 Å². The number of hydrogen-bond donors (Lipinski definition) is 0. The molecule has 4 aliphatic rings. The van der Waals surface area contributed by atoms with Gasteiger partial charge >= 0.3 is 0 Å². The normalized spacial score (nSPS) is 41.5. The van der Waals surface area contributed by atoms with E-state index in [9.17, 15) is 4.79 Å². The molecule has 0 aromatic heterocycles. The molecule has 0 N–H and O–H groups in total. The molecule has 2 saturated carbocycles. The van der Waals surface area contributed by atoms with Gasteiger partial charge in [0.15, 0.2) is 5.78 Å². The van der Waals surface area contributed by atoms with Crippen LogP contribution >= 0.6 is 0 Å². The van der Waals surface area contributed by atoms with Gasteiger partial charge in [0, 0.05) is 6.42 Å². The summed E-state index contributed by atoms with van der Waals surface area (Å²) >= 11 is 0. The minimum atomic E-state index is 0.246. The fraction of sp³-hybridized carbons (Fsp3) is 0.750. The lowest BCUT2D eigenvalue weighted by molar-refractivity contribution is -0.116. The van der Waals surface area contributed by atoms with Crippen LogP contribution in [0.15, 0.2) is 35.5 Å². The third-order valence-corrected chi connectivity index (χ3v) is 9.88. The van der Waals surface area contributed by atoms with Crippen molar-refractivity contribution in [3.63, 3.8) is 0 Å². The maximum absolute atomic E-state index is 12.0. The zero-order chi connectivity index (χ0) is 21.0. The summed E-state index contributed by atoms with van der Waals surface area (Å²) in [7, 11) is 0. The predicted molar refractivity (Wildman–Crippen MR) is 122 cm³/mol. The average Bonchev–Trinajstić information content (AvgIpc) is 3.03. The summed E-state index contributed by atoms with van der Waals surface area (Å²) in [5.41, 5.74) is 3.91. The minimum Gasteiger partial charge on any atom is -0.295 e. The Labute approximate surface area is 179 Å². The molecule has 29 heavy (non-hydrogen) atoms. The van der Waals surface area contributed by atoms with Crippen LogP contribution in [0.4, 0.5) is 0 Å². The van der Waals surface area contributed by atoms with Gasteiger partial charge in [0.25, 0.3) is 0 Å². The lowest BCUT2D eigenvalue weighted by Crippen LogP contribution is -2.46. The molecule has 0 heterocycles. The molecule has 0 unspecified atom stereocenters. The van der Waals surface area contributed by atoms with E-state index in [1.54, 1.807) is 5.57 Å². The third kappa shape index (κ3) is 3.41. The minimum absolute atomic E-state index is 0.246. The van der Waals surface area contributed by atoms with Crippen LogP contribution < -0.4 is 0 Å². The Morgan fingerprint density at radius 1 is 1.00 bits per heavy atom. The first-order valence-electron chi connectivity index (χ1n) is 12.3. The van der Waals surface area contributed by atoms with Crippen LogP contribution in [0.5, 0.6) is 0 Å². The van der Waals surface area contributed by atoms with E-state index in [1.807, 2.05) is 6.08 Å². The molecule has 0 amide bonds. The van der Waals surface area contributed by atoms with Gasteiger partial charge in [-0.1, -0.05) is 70.9 Å². The molecule has 0 saturated heterocycles. The maximum atomic E-state index is 12.0. The molecule has 160 valence electrons. The van der Waals surface area contributed by atoms with Crippen molar-refractivity contribution in [2.45, 2.75) is 86.5 Å². The molecule has 1 nitrogen and oxygen atoms in total. The average molecular weight is 395 g/mol. The molecule has 1 heteroatoms. The molecule has 0 bridgehead atoms. The number of allylic oxidation sites excluding steroid dienone is 6. The van der Waals surface area contributed by atoms with E-state index >= 15 is 0 Å². The van der Waals surface area contributed by atoms with Crippen molar-refractivity contribution >= 4 is 5.78 Å². The lowest BCUT2D eigenvalue weighted by Gasteiger charge is -2.54. The van der Waals surface area contributed by atoms with E-state index in [4.69, 9.17) is 0 Å². The predicted octanol–water partition coefficient (Wildman–Crippen LogP) is 7.54. The first kappa shape index (κ1) is 21.1. The summed E-state index contributed by atoms with van der Waals surface area (Å²) in [5, 5.41) is 0. The fourth-order valence-corrected chi connectivity index (χ4v) is 7.47. The SMILES string of the molecule is CC(C)[C@@H](C)C=C[C@@H](C)[C@H]1CC[C@H]2C3=CCC4=CC(=O)CC[C@@]4(C)[C@H]3CC[C@]12C. The molecule has 0 radical (unpaired) electrons. The van der Waals surface area contributed by atoms with Gasteiger partial charge in [-0.05, 0) is 90.9 Å². The zero-order valence-electron chi connectivity index (χ0n) is 19.6. The number of carbonyl (C=O) groups excluding carboxylic acids is 1. The number of rotatable bonds is 4. The molecule has 2 fully saturated rings. The van der Waals surface area contributed by atoms with E-state index < -0.39 is 0 Å². The van der Waals surface area contributed by atoms with E-state index in [1.165, 1.54) is 31.3 Å². The van der Waals surface area contributed by atoms with Crippen molar-refractivity contribution in [3.05, 3.63) is 35.5 Å². The largest absolute Gasteiger partial charge is 0.295 e. The molecule has 0 spiro atoms. The van der Waals surface area contributed by atoms with Gasteiger partial charge in [0.2, 0.25) is 0 Å². The van der Waals surface area contributed by atoms with Crippen molar-refractivity contribution in [1.29, 1.82) is 0 Å². The van der Waals surface area contributed by atoms with Gasteiger partial charge in [-0.15, -0.1) is 0 Å². The molecule has 0 aliphatic heterocycles. The Hall–Kier alpha value is -1.11. The number of hydrogen-bond acceptors (Lipinski definition) is 1. The quantitative estimate of drug-likeness (QED) is 0.450. The van der Waals surface area contributed by atoms with Crippen LogP contribution in [0.2, 0.25) is 0 Å². The monoisotopic (exact) mass is 394 g/mol. The Bertz CT molecular complexity index is 752. The summed E-state index contributed by atoms with van der Waals surface area (Å²) in [6, 6.07) is 0. The standard InChI is InChI=1S/C28H42O/c1-18(2)19(3)7-8-20(4)24-11-12-25-23-10-9-21-17-22(29)13-15-27(21,5)26(23)14-16-28(24,25)6/h7-8,10,17-20,24-26H,9,11-16H2,1-6H3/t19-,20+,24+,25-,26-,27+,28+/m0/s1. The van der Waals surface area contributed by atoms with Crippen LogP contribution in [0.1, 0.15) is 86.5 Å². The summed E-state index contributed by atoms with van der Waals surface area (Å²) in [5.74, 6) is 4.66. The number of ketones is 1. The number of carbonyl (C=O) groups is 1. The number of fused-ring (bicyclic) bond motifs is 5. The second kappa shape index (κ2) is 7.54. The van der Waals surface area contributed by atoms with Gasteiger partial charge in [0.05, 0.1) is 0 Å².